The number of amides is 2. The number of rotatable bonds is 6. The summed E-state index contributed by atoms with van der Waals surface area (Å²) in [5.41, 5.74) is 5.76. The fourth-order valence-corrected chi connectivity index (χ4v) is 7.60. The first kappa shape index (κ1) is 24.0. The number of hydrogen-bond acceptors (Lipinski definition) is 3. The summed E-state index contributed by atoms with van der Waals surface area (Å²) in [6.07, 6.45) is 18.5. The van der Waals surface area contributed by atoms with Crippen molar-refractivity contribution in [3.8, 4) is 0 Å². The molecular formula is C31H42N4O. The predicted molar refractivity (Wildman–Crippen MR) is 146 cm³/mol. The standard InChI is InChI=1S/C31H42N4O/c1-22(2)32-18-21-34-28-12-4-5-17-31(28,3)35(30(34)36)25-15-19-33(20-16-25)27-14-13-24-9-6-8-23-10-7-11-26(27)29(23)24/h4-5,7,10-12,15,17,22,24,27-28,32H,6,8-9,13-14,16,18-21H2,1-3H3. The van der Waals surface area contributed by atoms with Gasteiger partial charge in [0.25, 0.3) is 0 Å². The number of urea groups is 1. The molecule has 2 heterocycles. The predicted octanol–water partition coefficient (Wildman–Crippen LogP) is 5.52. The van der Waals surface area contributed by atoms with E-state index in [1.807, 2.05) is 0 Å². The molecule has 192 valence electrons. The zero-order chi connectivity index (χ0) is 24.9. The van der Waals surface area contributed by atoms with Crippen LogP contribution >= 0.6 is 0 Å². The van der Waals surface area contributed by atoms with Gasteiger partial charge in [0.2, 0.25) is 0 Å². The maximum atomic E-state index is 13.8. The normalized spacial score (nSPS) is 31.6. The summed E-state index contributed by atoms with van der Waals surface area (Å²) in [7, 11) is 0. The Bertz CT molecular complexity index is 1100. The van der Waals surface area contributed by atoms with E-state index in [4.69, 9.17) is 0 Å². The summed E-state index contributed by atoms with van der Waals surface area (Å²) >= 11 is 0. The summed E-state index contributed by atoms with van der Waals surface area (Å²) in [5, 5.41) is 3.49. The number of allylic oxidation sites excluding steroid dienone is 2. The number of nitrogens with zero attached hydrogens (tertiary/aromatic N) is 3. The van der Waals surface area contributed by atoms with E-state index < -0.39 is 0 Å². The van der Waals surface area contributed by atoms with E-state index in [9.17, 15) is 4.79 Å². The molecule has 36 heavy (non-hydrogen) atoms. The van der Waals surface area contributed by atoms with Crippen LogP contribution < -0.4 is 5.32 Å². The molecule has 1 aromatic carbocycles. The van der Waals surface area contributed by atoms with Crippen LogP contribution in [0.2, 0.25) is 0 Å². The molecule has 5 aliphatic rings. The van der Waals surface area contributed by atoms with E-state index in [1.54, 1.807) is 16.7 Å². The van der Waals surface area contributed by atoms with Gasteiger partial charge in [0, 0.05) is 50.4 Å². The summed E-state index contributed by atoms with van der Waals surface area (Å²) in [6.45, 7) is 10.0. The van der Waals surface area contributed by atoms with Gasteiger partial charge >= 0.3 is 6.03 Å². The molecule has 5 nitrogen and oxygen atoms in total. The summed E-state index contributed by atoms with van der Waals surface area (Å²) in [5.74, 6) is 0.776. The van der Waals surface area contributed by atoms with Crippen LogP contribution in [0.4, 0.5) is 4.79 Å². The maximum Gasteiger partial charge on any atom is 0.325 e. The molecule has 0 saturated carbocycles. The first-order valence-corrected chi connectivity index (χ1v) is 14.2. The van der Waals surface area contributed by atoms with Crippen LogP contribution in [-0.2, 0) is 6.42 Å². The van der Waals surface area contributed by atoms with Crippen molar-refractivity contribution in [3.63, 3.8) is 0 Å². The van der Waals surface area contributed by atoms with Gasteiger partial charge in [-0.05, 0) is 61.6 Å². The second-order valence-corrected chi connectivity index (χ2v) is 11.9. The van der Waals surface area contributed by atoms with Crippen LogP contribution in [0.5, 0.6) is 0 Å². The third-order valence-electron chi connectivity index (χ3n) is 9.33. The number of benzene rings is 1. The van der Waals surface area contributed by atoms with Gasteiger partial charge in [0.15, 0.2) is 0 Å². The molecule has 1 fully saturated rings. The van der Waals surface area contributed by atoms with Crippen molar-refractivity contribution in [1.82, 2.24) is 20.0 Å². The molecule has 0 aromatic heterocycles. The highest BCUT2D eigenvalue weighted by Crippen LogP contribution is 2.47. The number of hydrogen-bond donors (Lipinski definition) is 1. The molecule has 0 spiro atoms. The van der Waals surface area contributed by atoms with Crippen molar-refractivity contribution >= 4 is 6.03 Å². The summed E-state index contributed by atoms with van der Waals surface area (Å²) in [6, 6.07) is 8.22. The molecular weight excluding hydrogens is 444 g/mol. The zero-order valence-corrected chi connectivity index (χ0v) is 22.2. The van der Waals surface area contributed by atoms with Crippen molar-refractivity contribution in [2.24, 2.45) is 0 Å². The van der Waals surface area contributed by atoms with Crippen molar-refractivity contribution in [3.05, 3.63) is 71.0 Å². The Labute approximate surface area is 216 Å². The van der Waals surface area contributed by atoms with E-state index in [-0.39, 0.29) is 17.6 Å². The Morgan fingerprint density at radius 3 is 2.83 bits per heavy atom. The van der Waals surface area contributed by atoms with E-state index in [2.05, 4.69) is 89.4 Å². The minimum Gasteiger partial charge on any atom is -0.314 e. The molecule has 4 unspecified atom stereocenters. The van der Waals surface area contributed by atoms with Gasteiger partial charge in [-0.25, -0.2) is 4.79 Å². The molecule has 1 N–H and O–H groups in total. The van der Waals surface area contributed by atoms with Gasteiger partial charge < -0.3 is 10.2 Å². The van der Waals surface area contributed by atoms with Crippen molar-refractivity contribution in [1.29, 1.82) is 0 Å². The van der Waals surface area contributed by atoms with Crippen molar-refractivity contribution < 1.29 is 4.79 Å². The Morgan fingerprint density at radius 2 is 2.03 bits per heavy atom. The average Bonchev–Trinajstić information content (AvgIpc) is 3.10. The smallest absolute Gasteiger partial charge is 0.314 e. The van der Waals surface area contributed by atoms with Crippen molar-refractivity contribution in [2.75, 3.05) is 26.2 Å². The highest BCUT2D eigenvalue weighted by Gasteiger charge is 2.53. The minimum absolute atomic E-state index is 0.0778. The van der Waals surface area contributed by atoms with Gasteiger partial charge in [0.05, 0.1) is 11.6 Å². The molecule has 4 atom stereocenters. The molecule has 2 amide bonds. The van der Waals surface area contributed by atoms with E-state index >= 15 is 0 Å². The van der Waals surface area contributed by atoms with Crippen molar-refractivity contribution in [2.45, 2.75) is 88.9 Å². The SMILES string of the molecule is CC(C)NCCN1C(=O)N(C2=CCN(C3CCC4CCCc5cccc3c54)CC2)C2(C)C=CC=CC12. The molecule has 0 bridgehead atoms. The third-order valence-corrected chi connectivity index (χ3v) is 9.33. The lowest BCUT2D eigenvalue weighted by atomic mass is 9.71. The fraction of sp³-hybridized carbons (Fsp3) is 0.581. The number of aryl methyl sites for hydroxylation is 1. The Morgan fingerprint density at radius 1 is 1.14 bits per heavy atom. The molecule has 0 radical (unpaired) electrons. The molecule has 1 saturated heterocycles. The fourth-order valence-electron chi connectivity index (χ4n) is 7.60. The first-order chi connectivity index (χ1) is 17.5. The lowest BCUT2D eigenvalue weighted by Gasteiger charge is -2.44. The van der Waals surface area contributed by atoms with Crippen LogP contribution in [-0.4, -0.2) is 64.5 Å². The van der Waals surface area contributed by atoms with Crippen LogP contribution in [0.3, 0.4) is 0 Å². The Hall–Kier alpha value is -2.37. The lowest BCUT2D eigenvalue weighted by molar-refractivity contribution is 0.162. The van der Waals surface area contributed by atoms with E-state index in [1.165, 1.54) is 37.8 Å². The second kappa shape index (κ2) is 9.50. The highest BCUT2D eigenvalue weighted by atomic mass is 16.2. The number of carbonyl (C=O) groups excluding carboxylic acids is 1. The Balaban J connectivity index is 1.22. The Kier molecular flexibility index (Phi) is 6.33. The number of fused-ring (bicyclic) bond motifs is 1. The summed E-state index contributed by atoms with van der Waals surface area (Å²) < 4.78 is 0. The molecule has 5 heteroatoms. The van der Waals surface area contributed by atoms with Crippen LogP contribution in [0.25, 0.3) is 0 Å². The van der Waals surface area contributed by atoms with Gasteiger partial charge in [-0.1, -0.05) is 62.4 Å². The highest BCUT2D eigenvalue weighted by molar-refractivity contribution is 5.82. The van der Waals surface area contributed by atoms with Gasteiger partial charge in [-0.3, -0.25) is 9.80 Å². The van der Waals surface area contributed by atoms with Gasteiger partial charge in [-0.15, -0.1) is 0 Å². The van der Waals surface area contributed by atoms with Crippen LogP contribution in [0.1, 0.15) is 81.5 Å². The molecule has 6 rings (SSSR count). The zero-order valence-electron chi connectivity index (χ0n) is 22.2. The third kappa shape index (κ3) is 3.95. The van der Waals surface area contributed by atoms with Gasteiger partial charge in [-0.2, -0.15) is 0 Å². The van der Waals surface area contributed by atoms with Gasteiger partial charge in [0.1, 0.15) is 0 Å². The van der Waals surface area contributed by atoms with E-state index in [0.29, 0.717) is 12.1 Å². The average molecular weight is 487 g/mol. The second-order valence-electron chi connectivity index (χ2n) is 11.9. The summed E-state index contributed by atoms with van der Waals surface area (Å²) in [4.78, 5) is 20.7. The molecule has 2 aliphatic heterocycles. The largest absolute Gasteiger partial charge is 0.325 e. The first-order valence-electron chi connectivity index (χ1n) is 14.2. The number of nitrogens with one attached hydrogen (secondary N) is 1. The van der Waals surface area contributed by atoms with E-state index in [0.717, 1.165) is 38.5 Å². The quantitative estimate of drug-likeness (QED) is 0.575. The molecule has 1 aromatic rings. The maximum absolute atomic E-state index is 13.8. The lowest BCUT2D eigenvalue weighted by Crippen LogP contribution is -2.49. The van der Waals surface area contributed by atoms with Crippen LogP contribution in [0, 0.1) is 0 Å². The molecule has 3 aliphatic carbocycles. The topological polar surface area (TPSA) is 38.8 Å². The minimum atomic E-state index is -0.325. The van der Waals surface area contributed by atoms with Crippen LogP contribution in [0.15, 0.2) is 54.3 Å². The monoisotopic (exact) mass is 486 g/mol. The number of carbonyl (C=O) groups is 1.